The van der Waals surface area contributed by atoms with Gasteiger partial charge in [-0.25, -0.2) is 0 Å². The average Bonchev–Trinajstić information content (AvgIpc) is 3.04. The Balaban J connectivity index is 1.38. The molecule has 1 heteroatoms. The molecule has 1 unspecified atom stereocenters. The van der Waals surface area contributed by atoms with Gasteiger partial charge in [0.25, 0.3) is 0 Å². The predicted octanol–water partition coefficient (Wildman–Crippen LogP) is 7.03. The maximum absolute atomic E-state index is 10.4. The van der Waals surface area contributed by atoms with Crippen LogP contribution in [0.25, 0.3) is 0 Å². The van der Waals surface area contributed by atoms with Crippen LogP contribution in [0, 0.1) is 41.4 Å². The standard InChI is InChI=1S/C29H40O/c1-19-6-5-7-21(16-19)8-9-22-11-13-26-25-12-10-23-18-24(30)17-20(2)29(23,4)27(25)14-15-28(22,26)3/h5-7,10,12,16,20,22,24,26-27,30H,8-9,11,13-15,17-18H2,1-4H3/t20?,22-,24-,26-,27-,28+,29-/m0/s1. The van der Waals surface area contributed by atoms with E-state index in [1.807, 2.05) is 0 Å². The molecule has 1 aromatic rings. The van der Waals surface area contributed by atoms with Crippen LogP contribution in [0.15, 0.2) is 47.6 Å². The largest absolute Gasteiger partial charge is 0.393 e. The molecule has 1 N–H and O–H groups in total. The van der Waals surface area contributed by atoms with Crippen LogP contribution in [0.3, 0.4) is 0 Å². The van der Waals surface area contributed by atoms with Gasteiger partial charge in [0.2, 0.25) is 0 Å². The summed E-state index contributed by atoms with van der Waals surface area (Å²) >= 11 is 0. The molecule has 30 heavy (non-hydrogen) atoms. The number of fused-ring (bicyclic) bond motifs is 5. The third kappa shape index (κ3) is 3.07. The Hall–Kier alpha value is -1.34. The first-order chi connectivity index (χ1) is 14.3. The molecule has 0 bridgehead atoms. The third-order valence-corrected chi connectivity index (χ3v) is 10.2. The smallest absolute Gasteiger partial charge is 0.0580 e. The minimum atomic E-state index is -0.138. The van der Waals surface area contributed by atoms with E-state index in [9.17, 15) is 5.11 Å². The van der Waals surface area contributed by atoms with Crippen molar-refractivity contribution in [3.8, 4) is 0 Å². The molecular weight excluding hydrogens is 364 g/mol. The highest BCUT2D eigenvalue weighted by atomic mass is 16.3. The molecule has 3 saturated carbocycles. The molecule has 0 aliphatic heterocycles. The predicted molar refractivity (Wildman–Crippen MR) is 125 cm³/mol. The Labute approximate surface area is 183 Å². The van der Waals surface area contributed by atoms with Crippen molar-refractivity contribution < 1.29 is 5.11 Å². The first-order valence-corrected chi connectivity index (χ1v) is 12.5. The lowest BCUT2D eigenvalue weighted by Gasteiger charge is -2.57. The molecule has 4 aliphatic carbocycles. The monoisotopic (exact) mass is 404 g/mol. The van der Waals surface area contributed by atoms with E-state index in [0.29, 0.717) is 17.3 Å². The Bertz CT molecular complexity index is 878. The van der Waals surface area contributed by atoms with Crippen molar-refractivity contribution in [2.24, 2.45) is 34.5 Å². The van der Waals surface area contributed by atoms with Crippen molar-refractivity contribution in [3.05, 3.63) is 58.7 Å². The van der Waals surface area contributed by atoms with Gasteiger partial charge in [-0.3, -0.25) is 0 Å². The minimum absolute atomic E-state index is 0.138. The van der Waals surface area contributed by atoms with Gasteiger partial charge in [-0.2, -0.15) is 0 Å². The quantitative estimate of drug-likeness (QED) is 0.573. The summed E-state index contributed by atoms with van der Waals surface area (Å²) in [4.78, 5) is 0. The fraction of sp³-hybridized carbons (Fsp3) is 0.655. The van der Waals surface area contributed by atoms with Gasteiger partial charge in [0.05, 0.1) is 6.10 Å². The van der Waals surface area contributed by atoms with Crippen LogP contribution >= 0.6 is 0 Å². The Morgan fingerprint density at radius 1 is 1.07 bits per heavy atom. The molecule has 5 rings (SSSR count). The zero-order valence-corrected chi connectivity index (χ0v) is 19.5. The number of aryl methyl sites for hydroxylation is 2. The molecule has 1 nitrogen and oxygen atoms in total. The zero-order chi connectivity index (χ0) is 21.1. The molecule has 0 heterocycles. The second kappa shape index (κ2) is 7.37. The SMILES string of the molecule is Cc1cccc(CC[C@H]2CC[C@H]3C4=CC=C5C[C@@H](O)CC(C)[C@]5(C)[C@H]4CC[C@]23C)c1. The first-order valence-electron chi connectivity index (χ1n) is 12.5. The topological polar surface area (TPSA) is 20.2 Å². The van der Waals surface area contributed by atoms with E-state index in [-0.39, 0.29) is 11.5 Å². The Kier molecular flexibility index (Phi) is 5.05. The van der Waals surface area contributed by atoms with Gasteiger partial charge in [0, 0.05) is 0 Å². The van der Waals surface area contributed by atoms with E-state index in [1.54, 1.807) is 5.57 Å². The van der Waals surface area contributed by atoms with Gasteiger partial charge in [-0.05, 0) is 98.4 Å². The summed E-state index contributed by atoms with van der Waals surface area (Å²) in [5.41, 5.74) is 6.95. The summed E-state index contributed by atoms with van der Waals surface area (Å²) in [7, 11) is 0. The molecule has 4 aliphatic rings. The van der Waals surface area contributed by atoms with Crippen LogP contribution in [0.5, 0.6) is 0 Å². The fourth-order valence-corrected chi connectivity index (χ4v) is 8.20. The number of hydrogen-bond acceptors (Lipinski definition) is 1. The molecular formula is C29H40O. The van der Waals surface area contributed by atoms with Gasteiger partial charge < -0.3 is 5.11 Å². The van der Waals surface area contributed by atoms with Crippen molar-refractivity contribution in [1.82, 2.24) is 0 Å². The van der Waals surface area contributed by atoms with Crippen LogP contribution in [0.4, 0.5) is 0 Å². The number of rotatable bonds is 3. The summed E-state index contributed by atoms with van der Waals surface area (Å²) in [5.74, 6) is 2.90. The molecule has 162 valence electrons. The maximum atomic E-state index is 10.4. The fourth-order valence-electron chi connectivity index (χ4n) is 8.20. The van der Waals surface area contributed by atoms with Crippen LogP contribution in [-0.2, 0) is 6.42 Å². The number of hydrogen-bond donors (Lipinski definition) is 1. The van der Waals surface area contributed by atoms with Gasteiger partial charge in [0.15, 0.2) is 0 Å². The van der Waals surface area contributed by atoms with Gasteiger partial charge in [-0.1, -0.05) is 73.9 Å². The number of allylic oxidation sites excluding steroid dienone is 3. The molecule has 0 radical (unpaired) electrons. The zero-order valence-electron chi connectivity index (χ0n) is 19.5. The van der Waals surface area contributed by atoms with Crippen molar-refractivity contribution in [3.63, 3.8) is 0 Å². The van der Waals surface area contributed by atoms with Crippen molar-refractivity contribution in [1.29, 1.82) is 0 Å². The number of aliphatic hydroxyl groups is 1. The van der Waals surface area contributed by atoms with Crippen molar-refractivity contribution >= 4 is 0 Å². The van der Waals surface area contributed by atoms with Crippen LogP contribution in [0.2, 0.25) is 0 Å². The Morgan fingerprint density at radius 3 is 2.70 bits per heavy atom. The molecule has 0 spiro atoms. The molecule has 3 fully saturated rings. The van der Waals surface area contributed by atoms with Gasteiger partial charge in [0.1, 0.15) is 0 Å². The highest BCUT2D eigenvalue weighted by molar-refractivity contribution is 5.39. The van der Waals surface area contributed by atoms with E-state index >= 15 is 0 Å². The van der Waals surface area contributed by atoms with E-state index in [4.69, 9.17) is 0 Å². The van der Waals surface area contributed by atoms with Crippen LogP contribution in [0.1, 0.15) is 76.8 Å². The summed E-state index contributed by atoms with van der Waals surface area (Å²) in [6.45, 7) is 9.76. The first kappa shape index (κ1) is 20.6. The molecule has 0 saturated heterocycles. The minimum Gasteiger partial charge on any atom is -0.393 e. The highest BCUT2D eigenvalue weighted by Crippen LogP contribution is 2.66. The maximum Gasteiger partial charge on any atom is 0.0580 e. The van der Waals surface area contributed by atoms with Crippen LogP contribution < -0.4 is 0 Å². The summed E-state index contributed by atoms with van der Waals surface area (Å²) < 4.78 is 0. The van der Waals surface area contributed by atoms with Gasteiger partial charge >= 0.3 is 0 Å². The van der Waals surface area contributed by atoms with E-state index in [2.05, 4.69) is 64.1 Å². The third-order valence-electron chi connectivity index (χ3n) is 10.2. The number of benzene rings is 1. The van der Waals surface area contributed by atoms with E-state index in [1.165, 1.54) is 55.2 Å². The second-order valence-corrected chi connectivity index (χ2v) is 11.6. The Morgan fingerprint density at radius 2 is 1.90 bits per heavy atom. The van der Waals surface area contributed by atoms with Crippen molar-refractivity contribution in [2.45, 2.75) is 85.2 Å². The normalized spacial score (nSPS) is 42.6. The lowest BCUT2D eigenvalue weighted by molar-refractivity contribution is 0.00993. The van der Waals surface area contributed by atoms with Gasteiger partial charge in [-0.15, -0.1) is 0 Å². The average molecular weight is 405 g/mol. The van der Waals surface area contributed by atoms with Crippen LogP contribution in [-0.4, -0.2) is 11.2 Å². The molecule has 7 atom stereocenters. The summed E-state index contributed by atoms with van der Waals surface area (Å²) in [5, 5.41) is 10.4. The lowest BCUT2D eigenvalue weighted by atomic mass is 9.48. The summed E-state index contributed by atoms with van der Waals surface area (Å²) in [6, 6.07) is 9.12. The van der Waals surface area contributed by atoms with Crippen molar-refractivity contribution in [2.75, 3.05) is 0 Å². The summed E-state index contributed by atoms with van der Waals surface area (Å²) in [6.07, 6.45) is 14.7. The molecule has 0 amide bonds. The molecule has 1 aromatic carbocycles. The van der Waals surface area contributed by atoms with E-state index < -0.39 is 0 Å². The second-order valence-electron chi connectivity index (χ2n) is 11.6. The highest BCUT2D eigenvalue weighted by Gasteiger charge is 2.57. The molecule has 0 aromatic heterocycles. The lowest BCUT2D eigenvalue weighted by Crippen LogP contribution is -2.49. The number of aliphatic hydroxyl groups excluding tert-OH is 1. The van der Waals surface area contributed by atoms with E-state index in [0.717, 1.165) is 24.7 Å².